The van der Waals surface area contributed by atoms with Crippen LogP contribution in [0.25, 0.3) is 0 Å². The number of hydrogen-bond donors (Lipinski definition) is 1. The highest BCUT2D eigenvalue weighted by molar-refractivity contribution is 5.88. The first-order valence-electron chi connectivity index (χ1n) is 10.5. The number of hydrogen-bond acceptors (Lipinski definition) is 5. The molecule has 0 aromatic carbocycles. The van der Waals surface area contributed by atoms with E-state index in [4.69, 9.17) is 4.74 Å². The number of nitriles is 1. The molecule has 1 heterocycles. The third kappa shape index (κ3) is 4.31. The van der Waals surface area contributed by atoms with Gasteiger partial charge in [0.05, 0.1) is 12.0 Å². The Hall–Kier alpha value is -2.10. The highest BCUT2D eigenvalue weighted by Crippen LogP contribution is 2.36. The molecule has 0 spiro atoms. The Balaban J connectivity index is 1.49. The lowest BCUT2D eigenvalue weighted by atomic mass is 9.77. The number of carbonyl (C=O) groups excluding carboxylic acids is 3. The van der Waals surface area contributed by atoms with E-state index in [-0.39, 0.29) is 18.4 Å². The van der Waals surface area contributed by atoms with Crippen LogP contribution in [-0.4, -0.2) is 47.4 Å². The largest absolute Gasteiger partial charge is 0.455 e. The van der Waals surface area contributed by atoms with E-state index in [1.807, 2.05) is 4.90 Å². The summed E-state index contributed by atoms with van der Waals surface area (Å²) in [5.41, 5.74) is -0.822. The zero-order valence-corrected chi connectivity index (χ0v) is 16.9. The number of nitrogens with zero attached hydrogens (tertiary/aromatic N) is 2. The van der Waals surface area contributed by atoms with Crippen molar-refractivity contribution >= 4 is 17.8 Å². The van der Waals surface area contributed by atoms with Crippen LogP contribution in [0.4, 0.5) is 0 Å². The number of amides is 2. The van der Waals surface area contributed by atoms with Crippen LogP contribution in [0.5, 0.6) is 0 Å². The van der Waals surface area contributed by atoms with Gasteiger partial charge in [-0.3, -0.25) is 14.4 Å². The molecule has 7 nitrogen and oxygen atoms in total. The first-order valence-corrected chi connectivity index (χ1v) is 10.5. The predicted molar refractivity (Wildman–Crippen MR) is 102 cm³/mol. The Morgan fingerprint density at radius 3 is 2.64 bits per heavy atom. The number of esters is 1. The fourth-order valence-corrected chi connectivity index (χ4v) is 5.00. The third-order valence-electron chi connectivity index (χ3n) is 6.95. The summed E-state index contributed by atoms with van der Waals surface area (Å²) in [4.78, 5) is 38.9. The van der Waals surface area contributed by atoms with E-state index in [0.29, 0.717) is 31.2 Å². The van der Waals surface area contributed by atoms with Crippen LogP contribution < -0.4 is 5.32 Å². The summed E-state index contributed by atoms with van der Waals surface area (Å²) in [5, 5.41) is 12.0. The van der Waals surface area contributed by atoms with Crippen LogP contribution in [0, 0.1) is 29.1 Å². The highest BCUT2D eigenvalue weighted by Gasteiger charge is 2.42. The molecule has 4 atom stereocenters. The van der Waals surface area contributed by atoms with E-state index in [9.17, 15) is 19.6 Å². The van der Waals surface area contributed by atoms with Crippen molar-refractivity contribution < 1.29 is 19.1 Å². The first kappa shape index (κ1) is 20.6. The van der Waals surface area contributed by atoms with Crippen molar-refractivity contribution in [1.82, 2.24) is 10.2 Å². The van der Waals surface area contributed by atoms with Gasteiger partial charge in [-0.15, -0.1) is 0 Å². The molecule has 3 rings (SSSR count). The van der Waals surface area contributed by atoms with Gasteiger partial charge in [0.2, 0.25) is 5.91 Å². The zero-order valence-electron chi connectivity index (χ0n) is 16.9. The lowest BCUT2D eigenvalue weighted by molar-refractivity contribution is -0.152. The summed E-state index contributed by atoms with van der Waals surface area (Å²) in [6, 6.07) is 2.37. The van der Waals surface area contributed by atoms with E-state index in [0.717, 1.165) is 25.7 Å². The van der Waals surface area contributed by atoms with Gasteiger partial charge in [0.15, 0.2) is 6.61 Å². The Morgan fingerprint density at radius 1 is 1.25 bits per heavy atom. The molecule has 1 N–H and O–H groups in total. The predicted octanol–water partition coefficient (Wildman–Crippen LogP) is 2.16. The van der Waals surface area contributed by atoms with Crippen molar-refractivity contribution in [3.8, 4) is 6.07 Å². The van der Waals surface area contributed by atoms with E-state index < -0.39 is 29.9 Å². The van der Waals surface area contributed by atoms with Crippen molar-refractivity contribution in [1.29, 1.82) is 5.26 Å². The van der Waals surface area contributed by atoms with Crippen molar-refractivity contribution in [3.63, 3.8) is 0 Å². The van der Waals surface area contributed by atoms with Gasteiger partial charge in [-0.2, -0.15) is 5.26 Å². The number of likely N-dealkylation sites (tertiary alicyclic amines) is 1. The molecular formula is C21H31N3O4. The minimum absolute atomic E-state index is 0.00624. The summed E-state index contributed by atoms with van der Waals surface area (Å²) >= 11 is 0. The topological polar surface area (TPSA) is 99.5 Å². The van der Waals surface area contributed by atoms with Crippen molar-refractivity contribution in [3.05, 3.63) is 0 Å². The van der Waals surface area contributed by atoms with E-state index in [2.05, 4.69) is 25.2 Å². The van der Waals surface area contributed by atoms with Crippen LogP contribution in [0.3, 0.4) is 0 Å². The summed E-state index contributed by atoms with van der Waals surface area (Å²) in [7, 11) is 0. The van der Waals surface area contributed by atoms with Gasteiger partial charge >= 0.3 is 5.97 Å². The number of carbonyl (C=O) groups is 3. The molecule has 3 fully saturated rings. The molecule has 2 saturated carbocycles. The number of rotatable bonds is 5. The van der Waals surface area contributed by atoms with Crippen molar-refractivity contribution in [2.75, 3.05) is 13.2 Å². The van der Waals surface area contributed by atoms with Crippen LogP contribution >= 0.6 is 0 Å². The van der Waals surface area contributed by atoms with Crippen molar-refractivity contribution in [2.45, 2.75) is 76.8 Å². The maximum Gasteiger partial charge on any atom is 0.311 e. The molecule has 1 aliphatic heterocycles. The van der Waals surface area contributed by atoms with E-state index >= 15 is 0 Å². The molecule has 154 valence electrons. The molecule has 0 bridgehead atoms. The maximum atomic E-state index is 12.5. The molecule has 2 amide bonds. The molecule has 2 aliphatic carbocycles. The monoisotopic (exact) mass is 389 g/mol. The summed E-state index contributed by atoms with van der Waals surface area (Å²) in [6.07, 6.45) is 6.51. The second kappa shape index (κ2) is 8.50. The normalized spacial score (nSPS) is 32.0. The van der Waals surface area contributed by atoms with Gasteiger partial charge in [-0.25, -0.2) is 0 Å². The van der Waals surface area contributed by atoms with Gasteiger partial charge in [0.1, 0.15) is 5.54 Å². The van der Waals surface area contributed by atoms with Gasteiger partial charge < -0.3 is 15.0 Å². The summed E-state index contributed by atoms with van der Waals surface area (Å²) in [5.74, 6) is -0.461. The number of ether oxygens (including phenoxy) is 1. The van der Waals surface area contributed by atoms with Gasteiger partial charge in [0.25, 0.3) is 5.91 Å². The molecule has 0 unspecified atom stereocenters. The minimum Gasteiger partial charge on any atom is -0.455 e. The number of nitrogens with one attached hydrogen (secondary N) is 1. The minimum atomic E-state index is -0.822. The van der Waals surface area contributed by atoms with Crippen molar-refractivity contribution in [2.24, 2.45) is 17.8 Å². The lowest BCUT2D eigenvalue weighted by Gasteiger charge is -2.39. The van der Waals surface area contributed by atoms with Gasteiger partial charge in [-0.1, -0.05) is 26.7 Å². The quantitative estimate of drug-likeness (QED) is 0.726. The Bertz CT molecular complexity index is 665. The van der Waals surface area contributed by atoms with Gasteiger partial charge in [0, 0.05) is 19.0 Å². The van der Waals surface area contributed by atoms with Crippen LogP contribution in [-0.2, 0) is 19.1 Å². The smallest absolute Gasteiger partial charge is 0.311 e. The SMILES string of the molecule is C[C@H]1[C@H](N2C[C@H](C(=O)OCC(=O)NC3(C#N)CCCC3)CC2=O)CCC[C@@H]1C. The molecule has 28 heavy (non-hydrogen) atoms. The molecule has 0 radical (unpaired) electrons. The fourth-order valence-electron chi connectivity index (χ4n) is 5.00. The highest BCUT2D eigenvalue weighted by atomic mass is 16.5. The third-order valence-corrected chi connectivity index (χ3v) is 6.95. The molecule has 1 saturated heterocycles. The average Bonchev–Trinajstić information content (AvgIpc) is 3.29. The molecule has 0 aromatic heterocycles. The molecule has 7 heteroatoms. The maximum absolute atomic E-state index is 12.5. The molecule has 0 aromatic rings. The Labute approximate surface area is 166 Å². The molecular weight excluding hydrogens is 358 g/mol. The zero-order chi connectivity index (χ0) is 20.3. The van der Waals surface area contributed by atoms with E-state index in [1.165, 1.54) is 6.42 Å². The summed E-state index contributed by atoms with van der Waals surface area (Å²) in [6.45, 7) is 4.39. The van der Waals surface area contributed by atoms with Crippen LogP contribution in [0.2, 0.25) is 0 Å². The lowest BCUT2D eigenvalue weighted by Crippen LogP contribution is -2.47. The standard InChI is InChI=1S/C21H31N3O4/c1-14-6-5-7-17(15(14)2)24-11-16(10-19(24)26)20(27)28-12-18(25)23-21(13-22)8-3-4-9-21/h14-17H,3-12H2,1-2H3,(H,23,25)/t14-,15+,16+,17+/m0/s1. The average molecular weight is 389 g/mol. The van der Waals surface area contributed by atoms with Crippen LogP contribution in [0.15, 0.2) is 0 Å². The van der Waals surface area contributed by atoms with Crippen LogP contribution in [0.1, 0.15) is 65.2 Å². The Kier molecular flexibility index (Phi) is 6.26. The first-order chi connectivity index (χ1) is 13.3. The molecule has 3 aliphatic rings. The summed E-state index contributed by atoms with van der Waals surface area (Å²) < 4.78 is 5.18. The van der Waals surface area contributed by atoms with Gasteiger partial charge in [-0.05, 0) is 43.9 Å². The second-order valence-corrected chi connectivity index (χ2v) is 8.84. The Morgan fingerprint density at radius 2 is 1.96 bits per heavy atom. The second-order valence-electron chi connectivity index (χ2n) is 8.84. The van der Waals surface area contributed by atoms with E-state index in [1.54, 1.807) is 0 Å². The fraction of sp³-hybridized carbons (Fsp3) is 0.810.